The molecule has 1 rings (SSSR count). The highest BCUT2D eigenvalue weighted by molar-refractivity contribution is 5.80. The third-order valence-electron chi connectivity index (χ3n) is 3.26. The van der Waals surface area contributed by atoms with Crippen molar-refractivity contribution in [2.45, 2.75) is 52.6 Å². The summed E-state index contributed by atoms with van der Waals surface area (Å²) in [6.45, 7) is 9.70. The van der Waals surface area contributed by atoms with Gasteiger partial charge in [-0.3, -0.25) is 4.79 Å². The van der Waals surface area contributed by atoms with Crippen molar-refractivity contribution in [2.75, 3.05) is 13.2 Å². The molecule has 1 unspecified atom stereocenters. The van der Waals surface area contributed by atoms with Gasteiger partial charge in [-0.1, -0.05) is 13.8 Å². The number of likely N-dealkylation sites (N-methyl/N-ethyl adjacent to an activating group) is 1. The van der Waals surface area contributed by atoms with E-state index in [1.54, 1.807) is 6.20 Å². The summed E-state index contributed by atoms with van der Waals surface area (Å²) >= 11 is 0. The van der Waals surface area contributed by atoms with Gasteiger partial charge < -0.3 is 14.6 Å². The number of ether oxygens (including phenoxy) is 1. The predicted molar refractivity (Wildman–Crippen MR) is 74.9 cm³/mol. The van der Waals surface area contributed by atoms with Crippen molar-refractivity contribution in [3.63, 3.8) is 0 Å². The molecule has 0 amide bonds. The van der Waals surface area contributed by atoms with Crippen molar-refractivity contribution in [1.82, 2.24) is 14.9 Å². The van der Waals surface area contributed by atoms with Crippen molar-refractivity contribution >= 4 is 5.97 Å². The van der Waals surface area contributed by atoms with Crippen LogP contribution in [-0.4, -0.2) is 34.2 Å². The first-order chi connectivity index (χ1) is 9.07. The van der Waals surface area contributed by atoms with Crippen LogP contribution in [0.1, 0.15) is 39.9 Å². The van der Waals surface area contributed by atoms with Gasteiger partial charge in [-0.05, 0) is 26.8 Å². The number of imidazole rings is 1. The standard InChI is InChI=1S/C14H25N3O2/c1-5-12-15-9-11-17(12)10-8-14(4,16-6-2)13(18)19-7-3/h9,11,16H,5-8,10H2,1-4H3. The summed E-state index contributed by atoms with van der Waals surface area (Å²) in [6.07, 6.45) is 5.33. The molecule has 5 heteroatoms. The van der Waals surface area contributed by atoms with Gasteiger partial charge in [0.15, 0.2) is 0 Å². The zero-order chi connectivity index (χ0) is 14.3. The number of aryl methyl sites for hydroxylation is 2. The summed E-state index contributed by atoms with van der Waals surface area (Å²) in [5.74, 6) is 0.859. The Bertz CT molecular complexity index is 403. The molecule has 0 saturated carbocycles. The quantitative estimate of drug-likeness (QED) is 0.729. The molecular formula is C14H25N3O2. The molecule has 0 aliphatic heterocycles. The average molecular weight is 267 g/mol. The number of aromatic nitrogens is 2. The number of carbonyl (C=O) groups excluding carboxylic acids is 1. The van der Waals surface area contributed by atoms with E-state index in [1.165, 1.54) is 0 Å². The fourth-order valence-electron chi connectivity index (χ4n) is 2.15. The van der Waals surface area contributed by atoms with Gasteiger partial charge in [-0.25, -0.2) is 4.98 Å². The van der Waals surface area contributed by atoms with Gasteiger partial charge >= 0.3 is 5.97 Å². The Balaban J connectivity index is 2.70. The lowest BCUT2D eigenvalue weighted by molar-refractivity contribution is -0.150. The molecule has 0 spiro atoms. The van der Waals surface area contributed by atoms with Crippen LogP contribution in [0.3, 0.4) is 0 Å². The first-order valence-electron chi connectivity index (χ1n) is 6.99. The SMILES string of the molecule is CCNC(C)(CCn1ccnc1CC)C(=O)OCC. The fraction of sp³-hybridized carbons (Fsp3) is 0.714. The Labute approximate surface area is 115 Å². The lowest BCUT2D eigenvalue weighted by Gasteiger charge is -2.28. The van der Waals surface area contributed by atoms with Gasteiger partial charge in [-0.15, -0.1) is 0 Å². The second-order valence-electron chi connectivity index (χ2n) is 4.72. The molecule has 0 aliphatic rings. The van der Waals surface area contributed by atoms with E-state index >= 15 is 0 Å². The molecule has 0 aliphatic carbocycles. The van der Waals surface area contributed by atoms with Crippen LogP contribution >= 0.6 is 0 Å². The zero-order valence-corrected chi connectivity index (χ0v) is 12.4. The van der Waals surface area contributed by atoms with Gasteiger partial charge in [0.05, 0.1) is 6.61 Å². The average Bonchev–Trinajstić information content (AvgIpc) is 2.84. The van der Waals surface area contributed by atoms with E-state index in [0.717, 1.165) is 25.3 Å². The normalized spacial score (nSPS) is 14.1. The number of rotatable bonds is 8. The number of esters is 1. The van der Waals surface area contributed by atoms with E-state index < -0.39 is 5.54 Å². The van der Waals surface area contributed by atoms with E-state index in [4.69, 9.17) is 4.74 Å². The third-order valence-corrected chi connectivity index (χ3v) is 3.26. The minimum Gasteiger partial charge on any atom is -0.465 e. The van der Waals surface area contributed by atoms with Crippen LogP contribution < -0.4 is 5.32 Å². The maximum Gasteiger partial charge on any atom is 0.326 e. The van der Waals surface area contributed by atoms with Gasteiger partial charge in [0, 0.05) is 25.4 Å². The van der Waals surface area contributed by atoms with Crippen molar-refractivity contribution in [3.05, 3.63) is 18.2 Å². The van der Waals surface area contributed by atoms with Gasteiger partial charge in [0.2, 0.25) is 0 Å². The summed E-state index contributed by atoms with van der Waals surface area (Å²) in [5, 5.41) is 3.24. The van der Waals surface area contributed by atoms with Gasteiger partial charge in [-0.2, -0.15) is 0 Å². The summed E-state index contributed by atoms with van der Waals surface area (Å²) < 4.78 is 7.25. The van der Waals surface area contributed by atoms with Crippen LogP contribution in [0, 0.1) is 0 Å². The highest BCUT2D eigenvalue weighted by Gasteiger charge is 2.33. The fourth-order valence-corrected chi connectivity index (χ4v) is 2.15. The van der Waals surface area contributed by atoms with E-state index in [1.807, 2.05) is 27.0 Å². The lowest BCUT2D eigenvalue weighted by Crippen LogP contribution is -2.51. The van der Waals surface area contributed by atoms with E-state index in [-0.39, 0.29) is 5.97 Å². The molecule has 1 heterocycles. The Morgan fingerprint density at radius 3 is 2.79 bits per heavy atom. The van der Waals surface area contributed by atoms with Gasteiger partial charge in [0.1, 0.15) is 11.4 Å². The number of carbonyl (C=O) groups is 1. The number of hydrogen-bond donors (Lipinski definition) is 1. The Kier molecular flexibility index (Phi) is 6.02. The Hall–Kier alpha value is -1.36. The van der Waals surface area contributed by atoms with E-state index in [0.29, 0.717) is 13.0 Å². The maximum atomic E-state index is 12.1. The number of hydrogen-bond acceptors (Lipinski definition) is 4. The van der Waals surface area contributed by atoms with E-state index in [2.05, 4.69) is 21.8 Å². The zero-order valence-electron chi connectivity index (χ0n) is 12.4. The van der Waals surface area contributed by atoms with Crippen LogP contribution in [0.2, 0.25) is 0 Å². The molecule has 5 nitrogen and oxygen atoms in total. The number of nitrogens with one attached hydrogen (secondary N) is 1. The molecule has 1 aromatic heterocycles. The highest BCUT2D eigenvalue weighted by atomic mass is 16.5. The maximum absolute atomic E-state index is 12.1. The topological polar surface area (TPSA) is 56.2 Å². The van der Waals surface area contributed by atoms with E-state index in [9.17, 15) is 4.79 Å². The summed E-state index contributed by atoms with van der Waals surface area (Å²) in [6, 6.07) is 0. The summed E-state index contributed by atoms with van der Waals surface area (Å²) in [5.41, 5.74) is -0.639. The smallest absolute Gasteiger partial charge is 0.326 e. The highest BCUT2D eigenvalue weighted by Crippen LogP contribution is 2.14. The Morgan fingerprint density at radius 1 is 1.47 bits per heavy atom. The van der Waals surface area contributed by atoms with Crippen LogP contribution in [0.25, 0.3) is 0 Å². The van der Waals surface area contributed by atoms with Crippen molar-refractivity contribution in [2.24, 2.45) is 0 Å². The molecule has 0 aromatic carbocycles. The van der Waals surface area contributed by atoms with Crippen molar-refractivity contribution < 1.29 is 9.53 Å². The van der Waals surface area contributed by atoms with Crippen LogP contribution in [-0.2, 0) is 22.5 Å². The molecule has 1 atom stereocenters. The third kappa shape index (κ3) is 4.06. The van der Waals surface area contributed by atoms with Crippen LogP contribution in [0.5, 0.6) is 0 Å². The summed E-state index contributed by atoms with van der Waals surface area (Å²) in [4.78, 5) is 16.3. The molecule has 0 radical (unpaired) electrons. The molecule has 1 N–H and O–H groups in total. The lowest BCUT2D eigenvalue weighted by atomic mass is 9.97. The second-order valence-corrected chi connectivity index (χ2v) is 4.72. The molecular weight excluding hydrogens is 242 g/mol. The monoisotopic (exact) mass is 267 g/mol. The molecule has 0 bridgehead atoms. The molecule has 108 valence electrons. The first-order valence-corrected chi connectivity index (χ1v) is 6.99. The summed E-state index contributed by atoms with van der Waals surface area (Å²) in [7, 11) is 0. The van der Waals surface area contributed by atoms with Crippen LogP contribution in [0.4, 0.5) is 0 Å². The molecule has 0 saturated heterocycles. The van der Waals surface area contributed by atoms with Crippen molar-refractivity contribution in [3.8, 4) is 0 Å². The molecule has 1 aromatic rings. The number of nitrogens with zero attached hydrogens (tertiary/aromatic N) is 2. The molecule has 19 heavy (non-hydrogen) atoms. The predicted octanol–water partition coefficient (Wildman–Crippen LogP) is 1.77. The van der Waals surface area contributed by atoms with Crippen molar-refractivity contribution in [1.29, 1.82) is 0 Å². The van der Waals surface area contributed by atoms with Gasteiger partial charge in [0.25, 0.3) is 0 Å². The minimum absolute atomic E-state index is 0.185. The second kappa shape index (κ2) is 7.28. The Morgan fingerprint density at radius 2 is 2.21 bits per heavy atom. The molecule has 0 fully saturated rings. The minimum atomic E-state index is -0.639. The van der Waals surface area contributed by atoms with Crippen LogP contribution in [0.15, 0.2) is 12.4 Å². The largest absolute Gasteiger partial charge is 0.465 e. The first kappa shape index (κ1) is 15.7.